The number of aliphatic hydroxyl groups excluding tert-OH is 8. The molecule has 1 aliphatic carbocycles. The van der Waals surface area contributed by atoms with Gasteiger partial charge in [0, 0.05) is 12.0 Å². The number of aromatic hydroxyl groups is 2. The van der Waals surface area contributed by atoms with E-state index in [2.05, 4.69) is 0 Å². The van der Waals surface area contributed by atoms with E-state index in [9.17, 15) is 65.4 Å². The lowest BCUT2D eigenvalue weighted by molar-refractivity contribution is -0.383. The van der Waals surface area contributed by atoms with Crippen molar-refractivity contribution in [2.75, 3.05) is 34.0 Å². The number of carbonyl (C=O) groups is 3. The summed E-state index contributed by atoms with van der Waals surface area (Å²) in [6, 6.07) is 13.0. The van der Waals surface area contributed by atoms with Crippen LogP contribution in [0.15, 0.2) is 66.2 Å². The number of esters is 3. The Hall–Kier alpha value is -5.93. The molecule has 10 N–H and O–H groups in total. The molecule has 0 unspecified atom stereocenters. The Morgan fingerprint density at radius 3 is 2.17 bits per heavy atom. The third kappa shape index (κ3) is 9.63. The summed E-state index contributed by atoms with van der Waals surface area (Å²) in [5.41, 5.74) is 1.14. The van der Waals surface area contributed by atoms with Gasteiger partial charge in [0.05, 0.1) is 31.8 Å². The molecule has 23 nitrogen and oxygen atoms in total. The molecule has 23 heteroatoms. The minimum Gasteiger partial charge on any atom is -0.504 e. The van der Waals surface area contributed by atoms with E-state index >= 15 is 0 Å². The highest BCUT2D eigenvalue weighted by molar-refractivity contribution is 6.02. The fraction of sp³-hybridized carbons (Fsp3) is 0.468. The molecule has 4 heterocycles. The van der Waals surface area contributed by atoms with Crippen molar-refractivity contribution in [3.8, 4) is 28.7 Å². The van der Waals surface area contributed by atoms with Crippen LogP contribution in [0.4, 0.5) is 0 Å². The average molecular weight is 985 g/mol. The van der Waals surface area contributed by atoms with E-state index in [-0.39, 0.29) is 45.4 Å². The Morgan fingerprint density at radius 2 is 1.47 bits per heavy atom. The van der Waals surface area contributed by atoms with Crippen LogP contribution in [0.3, 0.4) is 0 Å². The Bertz CT molecular complexity index is 2480. The normalized spacial score (nSPS) is 35.1. The van der Waals surface area contributed by atoms with Crippen LogP contribution >= 0.6 is 0 Å². The van der Waals surface area contributed by atoms with Crippen molar-refractivity contribution < 1.29 is 113 Å². The number of hydrogen-bond donors (Lipinski definition) is 10. The Kier molecular flexibility index (Phi) is 14.7. The predicted molar refractivity (Wildman–Crippen MR) is 231 cm³/mol. The van der Waals surface area contributed by atoms with Gasteiger partial charge < -0.3 is 98.4 Å². The van der Waals surface area contributed by atoms with Crippen LogP contribution in [0.1, 0.15) is 35.1 Å². The Labute approximate surface area is 397 Å². The molecule has 5 aliphatic rings. The predicted octanol–water partition coefficient (Wildman–Crippen LogP) is -1.54. The molecule has 0 amide bonds. The highest BCUT2D eigenvalue weighted by atomic mass is 16.8. The summed E-state index contributed by atoms with van der Waals surface area (Å²) in [5, 5.41) is 107. The fourth-order valence-electron chi connectivity index (χ4n) is 8.95. The van der Waals surface area contributed by atoms with Crippen molar-refractivity contribution in [1.82, 2.24) is 0 Å². The number of rotatable bonds is 12. The van der Waals surface area contributed by atoms with Gasteiger partial charge in [-0.3, -0.25) is 4.79 Å². The molecule has 0 radical (unpaired) electrons. The van der Waals surface area contributed by atoms with Crippen LogP contribution in [-0.2, 0) is 47.5 Å². The number of hydrogen-bond acceptors (Lipinski definition) is 23. The van der Waals surface area contributed by atoms with Crippen LogP contribution in [0.25, 0.3) is 12.2 Å². The Morgan fingerprint density at radius 1 is 0.786 bits per heavy atom. The summed E-state index contributed by atoms with van der Waals surface area (Å²) < 4.78 is 56.2. The number of fused-ring (bicyclic) bond motifs is 4. The van der Waals surface area contributed by atoms with E-state index in [0.717, 1.165) is 6.08 Å². The van der Waals surface area contributed by atoms with Crippen molar-refractivity contribution in [2.45, 2.75) is 98.4 Å². The number of phenolic OH excluding ortho intramolecular Hbond substituents is 2. The number of methoxy groups -OCH3 is 2. The highest BCUT2D eigenvalue weighted by Crippen LogP contribution is 2.50. The van der Waals surface area contributed by atoms with Gasteiger partial charge in [-0.05, 0) is 77.7 Å². The van der Waals surface area contributed by atoms with Crippen molar-refractivity contribution >= 4 is 30.1 Å². The molecule has 0 aromatic heterocycles. The van der Waals surface area contributed by atoms with Gasteiger partial charge in [-0.15, -0.1) is 0 Å². The maximum Gasteiger partial charge on any atom is 0.335 e. The van der Waals surface area contributed by atoms with Gasteiger partial charge >= 0.3 is 17.9 Å². The number of ether oxygens (including phenoxy) is 10. The van der Waals surface area contributed by atoms with Crippen molar-refractivity contribution in [3.63, 3.8) is 0 Å². The van der Waals surface area contributed by atoms with Crippen LogP contribution in [0.5, 0.6) is 28.7 Å². The van der Waals surface area contributed by atoms with Gasteiger partial charge in [0.25, 0.3) is 0 Å². The molecule has 2 bridgehead atoms. The molecule has 0 spiro atoms. The summed E-state index contributed by atoms with van der Waals surface area (Å²) in [4.78, 5) is 41.5. The third-order valence-corrected chi connectivity index (χ3v) is 12.8. The second-order valence-corrected chi connectivity index (χ2v) is 17.2. The van der Waals surface area contributed by atoms with Gasteiger partial charge in [0.2, 0.25) is 12.1 Å². The molecule has 8 rings (SSSR count). The van der Waals surface area contributed by atoms with Gasteiger partial charge in [-0.2, -0.15) is 0 Å². The second kappa shape index (κ2) is 20.4. The molecular formula is C47H52O23. The molecule has 16 atom stereocenters. The van der Waals surface area contributed by atoms with Crippen LogP contribution in [-0.4, -0.2) is 189 Å². The zero-order valence-electron chi connectivity index (χ0n) is 37.5. The van der Waals surface area contributed by atoms with E-state index in [1.165, 1.54) is 87.9 Å². The number of carbonyl (C=O) groups excluding carboxylic acids is 3. The number of benzene rings is 3. The van der Waals surface area contributed by atoms with Crippen molar-refractivity contribution in [3.05, 3.63) is 88.5 Å². The standard InChI is InChI=1S/C47H52O23/c1-19-35(52)38(55)40(57)45(65-19)66-23-8-4-20(5-9-23)6-11-32(51)63-16-30-36(53)39(56)41(58)46(67-30)70-47(18-48)42-37(54)31(69-47)17-64-43(59)25-12-22-14-29(62-3)27(50)15-24(22)33(34(25)44(60)68-42)21-7-10-26(49)28(13-21)61-2/h4-15,19,30-31,33-42,45-46,48-50,52-58H,16-18H2,1-3H3/b11-6+/t19-,30+,31+,33-,34-,35-,36+,37+,38+,39-,40+,41+,42-,45-,46+,47-/m0/s1. The maximum atomic E-state index is 14.7. The lowest BCUT2D eigenvalue weighted by atomic mass is 9.71. The van der Waals surface area contributed by atoms with E-state index in [1.54, 1.807) is 0 Å². The molecule has 0 saturated carbocycles. The molecule has 70 heavy (non-hydrogen) atoms. The van der Waals surface area contributed by atoms with E-state index in [4.69, 9.17) is 47.4 Å². The molecule has 3 aromatic carbocycles. The van der Waals surface area contributed by atoms with E-state index < -0.39 is 135 Å². The van der Waals surface area contributed by atoms with Crippen molar-refractivity contribution in [2.24, 2.45) is 5.92 Å². The zero-order chi connectivity index (χ0) is 50.3. The van der Waals surface area contributed by atoms with Gasteiger partial charge in [-0.1, -0.05) is 18.2 Å². The first-order valence-corrected chi connectivity index (χ1v) is 21.9. The first-order valence-electron chi connectivity index (χ1n) is 21.9. The molecule has 378 valence electrons. The average Bonchev–Trinajstić information content (AvgIpc) is 3.60. The fourth-order valence-corrected chi connectivity index (χ4v) is 8.95. The van der Waals surface area contributed by atoms with Crippen LogP contribution in [0.2, 0.25) is 0 Å². The molecule has 4 fully saturated rings. The summed E-state index contributed by atoms with van der Waals surface area (Å²) >= 11 is 0. The van der Waals surface area contributed by atoms with E-state index in [1.807, 2.05) is 0 Å². The third-order valence-electron chi connectivity index (χ3n) is 12.8. The topological polar surface area (TPSA) is 346 Å². The van der Waals surface area contributed by atoms with Crippen LogP contribution in [0, 0.1) is 5.92 Å². The number of cyclic esters (lactones) is 1. The smallest absolute Gasteiger partial charge is 0.335 e. The summed E-state index contributed by atoms with van der Waals surface area (Å²) in [6.45, 7) is -1.16. The largest absolute Gasteiger partial charge is 0.504 e. The first kappa shape index (κ1) is 50.5. The summed E-state index contributed by atoms with van der Waals surface area (Å²) in [7, 11) is 2.61. The van der Waals surface area contributed by atoms with E-state index in [0.29, 0.717) is 11.1 Å². The molecule has 3 aromatic rings. The molecule has 4 saturated heterocycles. The van der Waals surface area contributed by atoms with Crippen molar-refractivity contribution in [1.29, 1.82) is 0 Å². The minimum absolute atomic E-state index is 0.00861. The lowest BCUT2D eigenvalue weighted by Gasteiger charge is -2.44. The zero-order valence-corrected chi connectivity index (χ0v) is 37.5. The van der Waals surface area contributed by atoms with Gasteiger partial charge in [-0.25, -0.2) is 9.59 Å². The van der Waals surface area contributed by atoms with Gasteiger partial charge in [0.15, 0.2) is 35.4 Å². The Balaban J connectivity index is 0.990. The van der Waals surface area contributed by atoms with Crippen LogP contribution < -0.4 is 14.2 Å². The maximum absolute atomic E-state index is 14.7. The lowest BCUT2D eigenvalue weighted by Crippen LogP contribution is -2.63. The monoisotopic (exact) mass is 984 g/mol. The second-order valence-electron chi connectivity index (χ2n) is 17.2. The minimum atomic E-state index is -2.63. The summed E-state index contributed by atoms with van der Waals surface area (Å²) in [6.07, 6.45) is -17.8. The SMILES string of the molecule is COc1cc([C@H]2c3cc(O)c(OC)cc3C=C3C(=O)OC[C@H]4O[C@@](CO)(O[C@H]5O[C@H](COC(=O)/C=C/c6ccc(O[C@@H]7O[C@@H](C)[C@H](O)[C@@H](O)[C@H]7O)cc6)[C@@H](O)[C@H](O)[C@H]5O)[C@@H](OC(=O)[C@@H]32)[C@@H]4O)ccc1O. The quantitative estimate of drug-likeness (QED) is 0.0559. The number of aliphatic hydroxyl groups is 8. The first-order chi connectivity index (χ1) is 33.4. The molecular weight excluding hydrogens is 932 g/mol. The summed E-state index contributed by atoms with van der Waals surface area (Å²) in [5.74, 6) is -8.95. The van der Waals surface area contributed by atoms with Gasteiger partial charge in [0.1, 0.15) is 80.5 Å². The molecule has 4 aliphatic heterocycles. The highest BCUT2D eigenvalue weighted by Gasteiger charge is 2.62. The number of phenols is 2.